The summed E-state index contributed by atoms with van der Waals surface area (Å²) in [6.45, 7) is 13.8. The van der Waals surface area contributed by atoms with Gasteiger partial charge in [0.2, 0.25) is 0 Å². The second-order valence-electron chi connectivity index (χ2n) is 10.3. The molecule has 2 aromatic carbocycles. The molecule has 158 valence electrons. The van der Waals surface area contributed by atoms with Gasteiger partial charge < -0.3 is 0 Å². The molecule has 5 aromatic rings. The lowest BCUT2D eigenvalue weighted by Gasteiger charge is -2.15. The predicted molar refractivity (Wildman–Crippen MR) is 143 cm³/mol. The molecular formula is C28H28S3. The molecule has 0 aliphatic carbocycles. The van der Waals surface area contributed by atoms with E-state index in [0.29, 0.717) is 0 Å². The monoisotopic (exact) mass is 460 g/mol. The van der Waals surface area contributed by atoms with Crippen LogP contribution in [-0.2, 0) is 10.8 Å². The van der Waals surface area contributed by atoms with Crippen molar-refractivity contribution in [2.75, 3.05) is 0 Å². The number of fused-ring (bicyclic) bond motifs is 2. The average molecular weight is 461 g/mol. The molecule has 3 aromatic heterocycles. The van der Waals surface area contributed by atoms with Crippen molar-refractivity contribution < 1.29 is 0 Å². The number of thiophene rings is 3. The molecule has 31 heavy (non-hydrogen) atoms. The summed E-state index contributed by atoms with van der Waals surface area (Å²) < 4.78 is 0. The van der Waals surface area contributed by atoms with E-state index in [1.807, 2.05) is 34.0 Å². The molecule has 0 nitrogen and oxygen atoms in total. The SMILES string of the molecule is CC(C)(C)c1ccc(-c2sc(-c3ccc(C(C)(C)C)s3)c3cc4ccccc4cc23)s1. The van der Waals surface area contributed by atoms with Gasteiger partial charge in [0.1, 0.15) is 0 Å². The minimum absolute atomic E-state index is 0.181. The van der Waals surface area contributed by atoms with Gasteiger partial charge in [0, 0.05) is 30.3 Å². The molecule has 0 fully saturated rings. The molecular weight excluding hydrogens is 433 g/mol. The normalized spacial score (nSPS) is 12.8. The van der Waals surface area contributed by atoms with Crippen LogP contribution < -0.4 is 0 Å². The van der Waals surface area contributed by atoms with E-state index >= 15 is 0 Å². The Kier molecular flexibility index (Phi) is 4.93. The Morgan fingerprint density at radius 3 is 1.29 bits per heavy atom. The van der Waals surface area contributed by atoms with Gasteiger partial charge in [0.15, 0.2) is 0 Å². The predicted octanol–water partition coefficient (Wildman–Crippen LogP) is 10.1. The summed E-state index contributed by atoms with van der Waals surface area (Å²) in [5, 5.41) is 5.39. The molecule has 5 rings (SSSR count). The molecule has 3 heteroatoms. The maximum absolute atomic E-state index is 2.40. The van der Waals surface area contributed by atoms with Crippen molar-refractivity contribution in [3.63, 3.8) is 0 Å². The van der Waals surface area contributed by atoms with Crippen LogP contribution in [0.1, 0.15) is 51.3 Å². The summed E-state index contributed by atoms with van der Waals surface area (Å²) in [6, 6.07) is 22.8. The first kappa shape index (κ1) is 20.9. The lowest BCUT2D eigenvalue weighted by Crippen LogP contribution is -2.07. The van der Waals surface area contributed by atoms with E-state index in [1.54, 1.807) is 0 Å². The Bertz CT molecular complexity index is 1290. The summed E-state index contributed by atoms with van der Waals surface area (Å²) >= 11 is 5.85. The highest BCUT2D eigenvalue weighted by atomic mass is 32.1. The van der Waals surface area contributed by atoms with E-state index in [4.69, 9.17) is 0 Å². The van der Waals surface area contributed by atoms with E-state index in [1.165, 1.54) is 50.8 Å². The number of hydrogen-bond acceptors (Lipinski definition) is 3. The Labute approximate surface area is 197 Å². The van der Waals surface area contributed by atoms with Gasteiger partial charge >= 0.3 is 0 Å². The Morgan fingerprint density at radius 1 is 0.516 bits per heavy atom. The Hall–Kier alpha value is -1.94. The molecule has 0 radical (unpaired) electrons. The van der Waals surface area contributed by atoms with Gasteiger partial charge in [-0.25, -0.2) is 0 Å². The molecule has 0 N–H and O–H groups in total. The third kappa shape index (κ3) is 3.77. The molecule has 0 atom stereocenters. The number of rotatable bonds is 2. The fraction of sp³-hybridized carbons (Fsp3) is 0.286. The quantitative estimate of drug-likeness (QED) is 0.246. The third-order valence-electron chi connectivity index (χ3n) is 5.72. The number of benzene rings is 2. The van der Waals surface area contributed by atoms with Crippen LogP contribution in [-0.4, -0.2) is 0 Å². The highest BCUT2D eigenvalue weighted by molar-refractivity contribution is 7.28. The molecule has 0 saturated heterocycles. The van der Waals surface area contributed by atoms with Gasteiger partial charge in [-0.1, -0.05) is 65.8 Å². The van der Waals surface area contributed by atoms with E-state index in [2.05, 4.69) is 102 Å². The lowest BCUT2D eigenvalue weighted by atomic mass is 9.95. The van der Waals surface area contributed by atoms with Crippen LogP contribution >= 0.6 is 34.0 Å². The number of hydrogen-bond donors (Lipinski definition) is 0. The van der Waals surface area contributed by atoms with Crippen molar-refractivity contribution >= 4 is 55.6 Å². The highest BCUT2D eigenvalue weighted by Gasteiger charge is 2.22. The summed E-state index contributed by atoms with van der Waals surface area (Å²) in [6.07, 6.45) is 0. The first-order valence-electron chi connectivity index (χ1n) is 10.8. The standard InChI is InChI=1S/C28H28S3/c1-27(2,3)23-13-11-21(29-23)25-19-15-17-9-7-8-10-18(17)16-20(19)26(31-25)22-12-14-24(30-22)28(4,5)6/h7-16H,1-6H3. The minimum Gasteiger partial charge on any atom is -0.139 e. The van der Waals surface area contributed by atoms with Crippen LogP contribution in [0.4, 0.5) is 0 Å². The van der Waals surface area contributed by atoms with E-state index < -0.39 is 0 Å². The minimum atomic E-state index is 0.181. The zero-order valence-corrected chi connectivity index (χ0v) is 21.4. The van der Waals surface area contributed by atoms with Crippen molar-refractivity contribution in [3.05, 3.63) is 70.4 Å². The fourth-order valence-corrected chi connectivity index (χ4v) is 7.56. The Balaban J connectivity index is 1.77. The summed E-state index contributed by atoms with van der Waals surface area (Å²) in [5.74, 6) is 0. The van der Waals surface area contributed by atoms with Gasteiger partial charge in [-0.05, 0) is 58.0 Å². The highest BCUT2D eigenvalue weighted by Crippen LogP contribution is 2.50. The van der Waals surface area contributed by atoms with Gasteiger partial charge in [-0.15, -0.1) is 34.0 Å². The zero-order valence-electron chi connectivity index (χ0n) is 19.0. The first-order valence-corrected chi connectivity index (χ1v) is 13.2. The second kappa shape index (κ2) is 7.30. The molecule has 0 spiro atoms. The molecule has 0 bridgehead atoms. The van der Waals surface area contributed by atoms with Gasteiger partial charge in [-0.3, -0.25) is 0 Å². The van der Waals surface area contributed by atoms with Gasteiger partial charge in [-0.2, -0.15) is 0 Å². The smallest absolute Gasteiger partial charge is 0.0528 e. The molecule has 0 saturated carbocycles. The zero-order chi connectivity index (χ0) is 22.0. The summed E-state index contributed by atoms with van der Waals surface area (Å²) in [5.41, 5.74) is 0.363. The van der Waals surface area contributed by atoms with Gasteiger partial charge in [0.25, 0.3) is 0 Å². The molecule has 3 heterocycles. The summed E-state index contributed by atoms with van der Waals surface area (Å²) in [7, 11) is 0. The van der Waals surface area contributed by atoms with Gasteiger partial charge in [0.05, 0.1) is 9.75 Å². The van der Waals surface area contributed by atoms with Crippen molar-refractivity contribution in [1.29, 1.82) is 0 Å². The maximum Gasteiger partial charge on any atom is 0.0528 e. The average Bonchev–Trinajstić information content (AvgIpc) is 3.42. The maximum atomic E-state index is 2.40. The molecule has 0 aliphatic heterocycles. The van der Waals surface area contributed by atoms with Crippen LogP contribution in [0.2, 0.25) is 0 Å². The van der Waals surface area contributed by atoms with Crippen LogP contribution in [0.25, 0.3) is 41.1 Å². The van der Waals surface area contributed by atoms with Crippen LogP contribution in [0.15, 0.2) is 60.7 Å². The van der Waals surface area contributed by atoms with Crippen LogP contribution in [0, 0.1) is 0 Å². The van der Waals surface area contributed by atoms with Crippen molar-refractivity contribution in [3.8, 4) is 19.5 Å². The fourth-order valence-electron chi connectivity index (χ4n) is 3.92. The van der Waals surface area contributed by atoms with Crippen LogP contribution in [0.5, 0.6) is 0 Å². The Morgan fingerprint density at radius 2 is 0.935 bits per heavy atom. The third-order valence-corrected chi connectivity index (χ3v) is 10.3. The molecule has 0 amide bonds. The van der Waals surface area contributed by atoms with Crippen LogP contribution in [0.3, 0.4) is 0 Å². The van der Waals surface area contributed by atoms with Crippen molar-refractivity contribution in [1.82, 2.24) is 0 Å². The van der Waals surface area contributed by atoms with E-state index in [-0.39, 0.29) is 10.8 Å². The lowest BCUT2D eigenvalue weighted by molar-refractivity contribution is 0.603. The van der Waals surface area contributed by atoms with E-state index in [9.17, 15) is 0 Å². The largest absolute Gasteiger partial charge is 0.139 e. The van der Waals surface area contributed by atoms with Crippen molar-refractivity contribution in [2.45, 2.75) is 52.4 Å². The molecule has 0 unspecified atom stereocenters. The topological polar surface area (TPSA) is 0 Å². The molecule has 0 aliphatic rings. The summed E-state index contributed by atoms with van der Waals surface area (Å²) in [4.78, 5) is 8.46. The second-order valence-corrected chi connectivity index (χ2v) is 13.5. The van der Waals surface area contributed by atoms with Crippen molar-refractivity contribution in [2.24, 2.45) is 0 Å². The van der Waals surface area contributed by atoms with E-state index in [0.717, 1.165) is 0 Å². The first-order chi connectivity index (χ1) is 14.6.